The number of unbranched alkanes of at least 4 members (excludes halogenated alkanes) is 18. The van der Waals surface area contributed by atoms with Crippen molar-refractivity contribution in [1.82, 2.24) is 0 Å². The molecule has 0 aliphatic heterocycles. The van der Waals surface area contributed by atoms with E-state index in [9.17, 15) is 14.3 Å². The van der Waals surface area contributed by atoms with Crippen molar-refractivity contribution in [1.29, 1.82) is 0 Å². The molecular weight excluding hydrogens is 541 g/mol. The van der Waals surface area contributed by atoms with Crippen molar-refractivity contribution >= 4 is 13.8 Å². The summed E-state index contributed by atoms with van der Waals surface area (Å²) >= 11 is 0. The molecule has 2 atom stereocenters. The van der Waals surface area contributed by atoms with Crippen molar-refractivity contribution in [2.75, 3.05) is 54.1 Å². The fraction of sp³-hybridized carbons (Fsp3) is 0.969. The Morgan fingerprint density at radius 1 is 0.659 bits per heavy atom. The van der Waals surface area contributed by atoms with Crippen LogP contribution in [0.4, 0.5) is 0 Å². The van der Waals surface area contributed by atoms with Crippen LogP contribution in [0.1, 0.15) is 142 Å². The van der Waals surface area contributed by atoms with Gasteiger partial charge in [0.1, 0.15) is 6.10 Å². The molecule has 0 aromatic rings. The third-order valence-electron chi connectivity index (χ3n) is 7.18. The lowest BCUT2D eigenvalue weighted by Gasteiger charge is -2.23. The fourth-order valence-electron chi connectivity index (χ4n) is 4.75. The molecule has 8 nitrogen and oxygen atoms in total. The fourth-order valence-corrected chi connectivity index (χ4v) is 5.54. The lowest BCUT2D eigenvalue weighted by Crippen LogP contribution is -2.35. The first-order valence-corrected chi connectivity index (χ1v) is 18.2. The first-order valence-electron chi connectivity index (χ1n) is 16.7. The molecule has 0 heterocycles. The zero-order chi connectivity index (χ0) is 30.7. The highest BCUT2D eigenvalue weighted by Gasteiger charge is 2.24. The van der Waals surface area contributed by atoms with Crippen LogP contribution in [0.25, 0.3) is 0 Å². The molecule has 0 fully saturated rings. The number of hydrogen-bond acceptors (Lipinski definition) is 6. The van der Waals surface area contributed by atoms with Crippen molar-refractivity contribution in [2.24, 2.45) is 0 Å². The van der Waals surface area contributed by atoms with Gasteiger partial charge in [0.25, 0.3) is 0 Å². The second-order valence-electron chi connectivity index (χ2n) is 12.6. The molecule has 9 heteroatoms. The molecule has 0 amide bonds. The van der Waals surface area contributed by atoms with Gasteiger partial charge in [-0.1, -0.05) is 110 Å². The Balaban J connectivity index is 3.74. The van der Waals surface area contributed by atoms with E-state index in [2.05, 4.69) is 28.1 Å². The highest BCUT2D eigenvalue weighted by molar-refractivity contribution is 7.47. The van der Waals surface area contributed by atoms with Crippen molar-refractivity contribution in [3.8, 4) is 0 Å². The van der Waals surface area contributed by atoms with Crippen LogP contribution in [0.15, 0.2) is 0 Å². The average molecular weight is 609 g/mol. The lowest BCUT2D eigenvalue weighted by atomic mass is 10.0. The highest BCUT2D eigenvalue weighted by atomic mass is 31.2. The second kappa shape index (κ2) is 27.1. The van der Waals surface area contributed by atoms with Gasteiger partial charge in [-0.2, -0.15) is 0 Å². The van der Waals surface area contributed by atoms with Crippen LogP contribution < -0.4 is 0 Å². The van der Waals surface area contributed by atoms with Crippen LogP contribution in [-0.4, -0.2) is 75.6 Å². The largest absolute Gasteiger partial charge is 0.472 e. The van der Waals surface area contributed by atoms with Crippen LogP contribution in [-0.2, 0) is 27.9 Å². The number of carbonyl (C=O) groups is 1. The summed E-state index contributed by atoms with van der Waals surface area (Å²) in [6, 6.07) is 0. The Morgan fingerprint density at radius 2 is 1.10 bits per heavy atom. The molecule has 0 saturated carbocycles. The van der Waals surface area contributed by atoms with Crippen molar-refractivity contribution in [3.63, 3.8) is 0 Å². The minimum Gasteiger partial charge on any atom is -0.458 e. The van der Waals surface area contributed by atoms with E-state index in [4.69, 9.17) is 18.5 Å². The molecule has 0 bridgehead atoms. The first kappa shape index (κ1) is 40.5. The normalized spacial score (nSPS) is 14.2. The molecule has 41 heavy (non-hydrogen) atoms. The number of phosphoric ester groups is 1. The summed E-state index contributed by atoms with van der Waals surface area (Å²) in [6.45, 7) is 5.29. The van der Waals surface area contributed by atoms with E-state index in [0.717, 1.165) is 43.1 Å². The summed E-state index contributed by atoms with van der Waals surface area (Å²) in [5.74, 6) is -0.479. The Labute approximate surface area is 253 Å². The number of rotatable bonds is 31. The van der Waals surface area contributed by atoms with Gasteiger partial charge >= 0.3 is 13.8 Å². The molecule has 1 N–H and O–H groups in total. The molecule has 246 valence electrons. The number of ether oxygens (including phenoxy) is 2. The van der Waals surface area contributed by atoms with Gasteiger partial charge < -0.3 is 18.9 Å². The van der Waals surface area contributed by atoms with E-state index in [0.29, 0.717) is 13.0 Å². The zero-order valence-electron chi connectivity index (χ0n) is 27.5. The molecule has 0 aliphatic rings. The van der Waals surface area contributed by atoms with E-state index >= 15 is 0 Å². The first-order chi connectivity index (χ1) is 19.6. The Kier molecular flexibility index (Phi) is 26.7. The molecule has 2 unspecified atom stereocenters. The van der Waals surface area contributed by atoms with Gasteiger partial charge in [-0.25, -0.2) is 4.57 Å². The SMILES string of the molecule is CCCCCCCCCCCCCCCCCCOCC(COP(=O)(O)OCCCCCC[N+](C)(C)C)OC(C)=O. The van der Waals surface area contributed by atoms with Gasteiger partial charge in [0.2, 0.25) is 0 Å². The summed E-state index contributed by atoms with van der Waals surface area (Å²) in [5.41, 5.74) is 0. The predicted molar refractivity (Wildman–Crippen MR) is 169 cm³/mol. The van der Waals surface area contributed by atoms with Crippen LogP contribution in [0.5, 0.6) is 0 Å². The minimum atomic E-state index is -4.20. The third kappa shape index (κ3) is 32.3. The molecule has 0 saturated heterocycles. The van der Waals surface area contributed by atoms with E-state index in [1.807, 2.05) is 0 Å². The maximum Gasteiger partial charge on any atom is 0.472 e. The van der Waals surface area contributed by atoms with Gasteiger partial charge in [0.15, 0.2) is 0 Å². The second-order valence-corrected chi connectivity index (χ2v) is 14.1. The molecule has 0 radical (unpaired) electrons. The number of nitrogens with zero attached hydrogens (tertiary/aromatic N) is 1. The number of quaternary nitrogens is 1. The molecule has 0 aliphatic carbocycles. The molecule has 0 spiro atoms. The van der Waals surface area contributed by atoms with E-state index in [1.165, 1.54) is 96.8 Å². The maximum atomic E-state index is 12.2. The lowest BCUT2D eigenvalue weighted by molar-refractivity contribution is -0.870. The Bertz CT molecular complexity index is 642. The highest BCUT2D eigenvalue weighted by Crippen LogP contribution is 2.43. The third-order valence-corrected chi connectivity index (χ3v) is 8.16. The molecule has 0 aromatic carbocycles. The van der Waals surface area contributed by atoms with E-state index in [1.54, 1.807) is 0 Å². The van der Waals surface area contributed by atoms with Gasteiger partial charge in [0, 0.05) is 13.5 Å². The number of carbonyl (C=O) groups excluding carboxylic acids is 1. The van der Waals surface area contributed by atoms with Crippen LogP contribution in [0.2, 0.25) is 0 Å². The summed E-state index contributed by atoms with van der Waals surface area (Å²) in [7, 11) is 2.29. The summed E-state index contributed by atoms with van der Waals surface area (Å²) in [6.07, 6.45) is 24.2. The number of phosphoric acid groups is 1. The monoisotopic (exact) mass is 608 g/mol. The van der Waals surface area contributed by atoms with Crippen LogP contribution in [0.3, 0.4) is 0 Å². The minimum absolute atomic E-state index is 0.130. The average Bonchev–Trinajstić information content (AvgIpc) is 2.89. The van der Waals surface area contributed by atoms with Gasteiger partial charge in [0.05, 0.1) is 47.5 Å². The van der Waals surface area contributed by atoms with Crippen molar-refractivity contribution in [2.45, 2.75) is 148 Å². The zero-order valence-corrected chi connectivity index (χ0v) is 28.4. The van der Waals surface area contributed by atoms with Crippen molar-refractivity contribution in [3.05, 3.63) is 0 Å². The summed E-state index contributed by atoms with van der Waals surface area (Å²) in [5, 5.41) is 0. The maximum absolute atomic E-state index is 12.2. The predicted octanol–water partition coefficient (Wildman–Crippen LogP) is 8.60. The van der Waals surface area contributed by atoms with Crippen LogP contribution >= 0.6 is 7.82 Å². The topological polar surface area (TPSA) is 91.3 Å². The summed E-state index contributed by atoms with van der Waals surface area (Å²) in [4.78, 5) is 21.4. The van der Waals surface area contributed by atoms with Crippen molar-refractivity contribution < 1.29 is 37.3 Å². The molecular formula is C32H67NO7P+. The van der Waals surface area contributed by atoms with Gasteiger partial charge in [-0.15, -0.1) is 0 Å². The van der Waals surface area contributed by atoms with Gasteiger partial charge in [-0.3, -0.25) is 13.8 Å². The Hall–Kier alpha value is -0.500. The van der Waals surface area contributed by atoms with E-state index < -0.39 is 19.9 Å². The summed E-state index contributed by atoms with van der Waals surface area (Å²) < 4.78 is 34.2. The number of esters is 1. The Morgan fingerprint density at radius 3 is 1.56 bits per heavy atom. The molecule has 0 rings (SSSR count). The number of hydrogen-bond donors (Lipinski definition) is 1. The smallest absolute Gasteiger partial charge is 0.458 e. The standard InChI is InChI=1S/C32H66NO7P/c1-6-7-8-9-10-11-12-13-14-15-16-17-18-19-21-24-27-37-29-32(40-31(2)34)30-39-41(35,36)38-28-25-22-20-23-26-33(3,4)5/h32H,6-30H2,1-5H3/p+1. The van der Waals surface area contributed by atoms with E-state index in [-0.39, 0.29) is 19.8 Å². The quantitative estimate of drug-likeness (QED) is 0.0365. The van der Waals surface area contributed by atoms with Crippen LogP contribution in [0, 0.1) is 0 Å². The van der Waals surface area contributed by atoms with Gasteiger partial charge in [-0.05, 0) is 25.7 Å². The molecule has 0 aromatic heterocycles.